The van der Waals surface area contributed by atoms with Crippen LogP contribution in [0.2, 0.25) is 0 Å². The molecule has 0 aromatic heterocycles. The SMILES string of the molecule is C=C(Cl)C(C(Br)(Br)C(C)(C)CBr)C(Br)(Br)C(C)(C)CBr. The predicted octanol–water partition coefficient (Wildman–Crippen LogP) is 8.17. The van der Waals surface area contributed by atoms with Crippen LogP contribution in [0.15, 0.2) is 11.6 Å². The van der Waals surface area contributed by atoms with Crippen molar-refractivity contribution in [2.24, 2.45) is 16.7 Å². The average molecular weight is 690 g/mol. The van der Waals surface area contributed by atoms with Gasteiger partial charge in [0.25, 0.3) is 0 Å². The zero-order valence-corrected chi connectivity index (χ0v) is 22.1. The predicted molar refractivity (Wildman–Crippen MR) is 115 cm³/mol. The van der Waals surface area contributed by atoms with Crippen molar-refractivity contribution in [3.8, 4) is 0 Å². The Labute approximate surface area is 178 Å². The molecule has 0 aliphatic heterocycles. The standard InChI is InChI=1S/C13H19Br6Cl/c1-8(20)9(12(16,17)10(2,3)6-14)13(18,19)11(4,5)7-15/h9H,1,6-7H2,2-5H3. The first-order valence-corrected chi connectivity index (χ1v) is 11.7. The van der Waals surface area contributed by atoms with Crippen LogP contribution < -0.4 is 0 Å². The van der Waals surface area contributed by atoms with Crippen LogP contribution in [0.3, 0.4) is 0 Å². The third-order valence-electron chi connectivity index (χ3n) is 3.51. The van der Waals surface area contributed by atoms with Gasteiger partial charge in [0.05, 0.1) is 6.47 Å². The molecule has 0 atom stereocenters. The lowest BCUT2D eigenvalue weighted by Crippen LogP contribution is -2.53. The summed E-state index contributed by atoms with van der Waals surface area (Å²) in [7, 11) is 0. The molecule has 0 unspecified atom stereocenters. The van der Waals surface area contributed by atoms with Crippen LogP contribution in [0, 0.1) is 16.7 Å². The van der Waals surface area contributed by atoms with Gasteiger partial charge in [-0.1, -0.05) is 141 Å². The second-order valence-corrected chi connectivity index (χ2v) is 14.9. The molecule has 0 aliphatic rings. The molecule has 120 valence electrons. The Morgan fingerprint density at radius 2 is 1.15 bits per heavy atom. The van der Waals surface area contributed by atoms with E-state index < -0.39 is 6.47 Å². The largest absolute Gasteiger partial charge is 0.0962 e. The first kappa shape index (κ1) is 22.9. The van der Waals surface area contributed by atoms with Crippen LogP contribution in [0.1, 0.15) is 27.7 Å². The van der Waals surface area contributed by atoms with Crippen molar-refractivity contribution < 1.29 is 0 Å². The molecule has 0 N–H and O–H groups in total. The molecule has 0 saturated heterocycles. The van der Waals surface area contributed by atoms with Gasteiger partial charge < -0.3 is 0 Å². The topological polar surface area (TPSA) is 0 Å². The minimum absolute atomic E-state index is 0.106. The van der Waals surface area contributed by atoms with Crippen molar-refractivity contribution in [3.63, 3.8) is 0 Å². The van der Waals surface area contributed by atoms with Crippen molar-refractivity contribution in [1.82, 2.24) is 0 Å². The highest BCUT2D eigenvalue weighted by molar-refractivity contribution is 9.26. The molecular formula is C13H19Br6Cl. The Balaban J connectivity index is 6.00. The van der Waals surface area contributed by atoms with Gasteiger partial charge in [0, 0.05) is 32.4 Å². The van der Waals surface area contributed by atoms with Gasteiger partial charge in [-0.2, -0.15) is 0 Å². The molecule has 0 aromatic rings. The number of halogens is 7. The molecule has 0 nitrogen and oxygen atoms in total. The lowest BCUT2D eigenvalue weighted by atomic mass is 9.76. The van der Waals surface area contributed by atoms with Crippen molar-refractivity contribution in [2.45, 2.75) is 34.2 Å². The van der Waals surface area contributed by atoms with Gasteiger partial charge in [-0.05, 0) is 0 Å². The third-order valence-corrected chi connectivity index (χ3v) is 12.7. The summed E-state index contributed by atoms with van der Waals surface area (Å²) < 4.78 is -0.885. The number of hydrogen-bond donors (Lipinski definition) is 0. The molecule has 0 saturated carbocycles. The Morgan fingerprint density at radius 3 is 1.30 bits per heavy atom. The van der Waals surface area contributed by atoms with E-state index in [1.54, 1.807) is 0 Å². The zero-order valence-electron chi connectivity index (χ0n) is 11.8. The van der Waals surface area contributed by atoms with Crippen molar-refractivity contribution in [3.05, 3.63) is 11.6 Å². The van der Waals surface area contributed by atoms with Gasteiger partial charge in [0.15, 0.2) is 0 Å². The molecule has 7 heteroatoms. The Kier molecular flexibility index (Phi) is 9.00. The zero-order chi connectivity index (χ0) is 16.6. The fourth-order valence-corrected chi connectivity index (χ4v) is 9.09. The lowest BCUT2D eigenvalue weighted by molar-refractivity contribution is 0.258. The number of hydrogen-bond acceptors (Lipinski definition) is 0. The summed E-state index contributed by atoms with van der Waals surface area (Å²) in [5, 5.41) is 2.19. The van der Waals surface area contributed by atoms with Gasteiger partial charge in [-0.15, -0.1) is 0 Å². The summed E-state index contributed by atoms with van der Waals surface area (Å²) in [4.78, 5) is 0. The molecule has 0 aliphatic carbocycles. The van der Waals surface area contributed by atoms with Crippen LogP contribution in [0.4, 0.5) is 0 Å². The minimum Gasteiger partial charge on any atom is -0.0921 e. The highest BCUT2D eigenvalue weighted by Crippen LogP contribution is 2.63. The molecule has 0 aromatic carbocycles. The summed E-state index contributed by atoms with van der Waals surface area (Å²) in [6.07, 6.45) is 0. The van der Waals surface area contributed by atoms with E-state index in [2.05, 4.69) is 130 Å². The molecule has 0 spiro atoms. The number of allylic oxidation sites excluding steroid dienone is 1. The molecule has 0 amide bonds. The third kappa shape index (κ3) is 4.50. The Morgan fingerprint density at radius 1 is 0.900 bits per heavy atom. The second kappa shape index (κ2) is 7.86. The van der Waals surface area contributed by atoms with Crippen LogP contribution >= 0.6 is 107 Å². The maximum atomic E-state index is 6.39. The molecule has 0 fully saturated rings. The second-order valence-electron chi connectivity index (χ2n) is 6.16. The molecular weight excluding hydrogens is 671 g/mol. The van der Waals surface area contributed by atoms with Gasteiger partial charge in [-0.3, -0.25) is 0 Å². The summed E-state index contributed by atoms with van der Waals surface area (Å²) in [6, 6.07) is 0. The van der Waals surface area contributed by atoms with Crippen molar-refractivity contribution in [2.75, 3.05) is 10.7 Å². The van der Waals surface area contributed by atoms with Gasteiger partial charge in [-0.25, -0.2) is 0 Å². The first-order chi connectivity index (χ1) is 8.69. The summed E-state index contributed by atoms with van der Waals surface area (Å²) in [5.74, 6) is -0.114. The molecule has 0 radical (unpaired) electrons. The van der Waals surface area contributed by atoms with E-state index in [9.17, 15) is 0 Å². The summed E-state index contributed by atoms with van der Waals surface area (Å²) in [5.41, 5.74) is -0.213. The monoisotopic (exact) mass is 684 g/mol. The molecule has 0 rings (SSSR count). The fraction of sp³-hybridized carbons (Fsp3) is 0.846. The Hall–Kier alpha value is 2.91. The van der Waals surface area contributed by atoms with Crippen LogP contribution in [0.25, 0.3) is 0 Å². The number of rotatable bonds is 7. The Bertz CT molecular complexity index is 334. The van der Waals surface area contributed by atoms with Crippen molar-refractivity contribution >= 4 is 107 Å². The van der Waals surface area contributed by atoms with E-state index in [-0.39, 0.29) is 16.7 Å². The summed E-state index contributed by atoms with van der Waals surface area (Å²) >= 11 is 29.0. The van der Waals surface area contributed by atoms with Crippen LogP contribution in [-0.2, 0) is 0 Å². The minimum atomic E-state index is -0.443. The van der Waals surface area contributed by atoms with Gasteiger partial charge in [0.2, 0.25) is 0 Å². The fourth-order valence-electron chi connectivity index (χ4n) is 1.58. The maximum absolute atomic E-state index is 6.39. The van der Waals surface area contributed by atoms with E-state index in [0.717, 1.165) is 10.7 Å². The van der Waals surface area contributed by atoms with Gasteiger partial charge in [0.1, 0.15) is 0 Å². The first-order valence-electron chi connectivity index (χ1n) is 5.91. The average Bonchev–Trinajstić information content (AvgIpc) is 2.26. The highest BCUT2D eigenvalue weighted by Gasteiger charge is 2.59. The van der Waals surface area contributed by atoms with E-state index in [4.69, 9.17) is 11.6 Å². The lowest BCUT2D eigenvalue weighted by Gasteiger charge is -2.51. The molecule has 0 heterocycles. The molecule has 0 bridgehead atoms. The summed E-state index contributed by atoms with van der Waals surface area (Å²) in [6.45, 7) is 12.6. The quantitative estimate of drug-likeness (QED) is 0.237. The number of alkyl halides is 6. The normalized spacial score (nSPS) is 14.8. The van der Waals surface area contributed by atoms with Crippen molar-refractivity contribution in [1.29, 1.82) is 0 Å². The highest BCUT2D eigenvalue weighted by atomic mass is 79.9. The van der Waals surface area contributed by atoms with Crippen LogP contribution in [-0.4, -0.2) is 17.1 Å². The smallest absolute Gasteiger partial charge is 0.0921 e. The van der Waals surface area contributed by atoms with Gasteiger partial charge >= 0.3 is 0 Å². The van der Waals surface area contributed by atoms with E-state index in [1.165, 1.54) is 0 Å². The van der Waals surface area contributed by atoms with E-state index >= 15 is 0 Å². The molecule has 20 heavy (non-hydrogen) atoms. The van der Waals surface area contributed by atoms with Crippen LogP contribution in [0.5, 0.6) is 0 Å². The maximum Gasteiger partial charge on any atom is 0.0962 e. The van der Waals surface area contributed by atoms with E-state index in [1.807, 2.05) is 0 Å². The van der Waals surface area contributed by atoms with E-state index in [0.29, 0.717) is 5.03 Å².